The Kier molecular flexibility index (Phi) is 6.41. The molecule has 1 aromatic carbocycles. The third kappa shape index (κ3) is 4.48. The molecule has 8 nitrogen and oxygen atoms in total. The quantitative estimate of drug-likeness (QED) is 0.553. The van der Waals surface area contributed by atoms with Crippen molar-refractivity contribution in [3.8, 4) is 0 Å². The van der Waals surface area contributed by atoms with Crippen LogP contribution in [0.3, 0.4) is 0 Å². The van der Waals surface area contributed by atoms with E-state index in [0.717, 1.165) is 40.6 Å². The van der Waals surface area contributed by atoms with Crippen LogP contribution in [0.25, 0.3) is 5.52 Å². The lowest BCUT2D eigenvalue weighted by molar-refractivity contribution is 0.0304. The van der Waals surface area contributed by atoms with E-state index in [1.807, 2.05) is 50.1 Å². The monoisotopic (exact) mass is 496 g/mol. The minimum atomic E-state index is -3.53. The van der Waals surface area contributed by atoms with E-state index in [1.54, 1.807) is 21.1 Å². The SMILES string of the molecule is Cc1cc(C)c(S(=O)(=O)N2CCC(c3ccn4ncc(C(=O)N5CCOCC5)c4c3)CC2)cc1C. The maximum absolute atomic E-state index is 13.4. The summed E-state index contributed by atoms with van der Waals surface area (Å²) < 4.78 is 35.5. The minimum Gasteiger partial charge on any atom is -0.378 e. The first kappa shape index (κ1) is 24.0. The molecule has 5 rings (SSSR count). The highest BCUT2D eigenvalue weighted by Gasteiger charge is 2.31. The number of benzene rings is 1. The summed E-state index contributed by atoms with van der Waals surface area (Å²) in [5, 5.41) is 4.37. The summed E-state index contributed by atoms with van der Waals surface area (Å²) in [6.07, 6.45) is 5.00. The number of hydrogen-bond donors (Lipinski definition) is 0. The van der Waals surface area contributed by atoms with E-state index >= 15 is 0 Å². The molecule has 1 amide bonds. The Bertz CT molecular complexity index is 1370. The second-order valence-electron chi connectivity index (χ2n) is 9.63. The number of hydrogen-bond acceptors (Lipinski definition) is 5. The molecule has 0 bridgehead atoms. The lowest BCUT2D eigenvalue weighted by atomic mass is 9.90. The molecule has 186 valence electrons. The molecule has 2 aromatic heterocycles. The third-order valence-corrected chi connectivity index (χ3v) is 9.45. The number of aryl methyl sites for hydroxylation is 3. The average Bonchev–Trinajstić information content (AvgIpc) is 3.29. The smallest absolute Gasteiger partial charge is 0.257 e. The Morgan fingerprint density at radius 1 is 0.971 bits per heavy atom. The largest absolute Gasteiger partial charge is 0.378 e. The number of rotatable bonds is 4. The Labute approximate surface area is 206 Å². The zero-order valence-corrected chi connectivity index (χ0v) is 21.3. The maximum Gasteiger partial charge on any atom is 0.257 e. The van der Waals surface area contributed by atoms with E-state index in [1.165, 1.54) is 0 Å². The van der Waals surface area contributed by atoms with Gasteiger partial charge in [-0.1, -0.05) is 6.07 Å². The number of fused-ring (bicyclic) bond motifs is 1. The molecule has 0 unspecified atom stereocenters. The molecular weight excluding hydrogens is 464 g/mol. The van der Waals surface area contributed by atoms with Crippen molar-refractivity contribution in [2.24, 2.45) is 0 Å². The molecule has 9 heteroatoms. The molecule has 0 N–H and O–H groups in total. The molecule has 2 fully saturated rings. The Morgan fingerprint density at radius 3 is 2.37 bits per heavy atom. The second-order valence-corrected chi connectivity index (χ2v) is 11.5. The van der Waals surface area contributed by atoms with Crippen LogP contribution in [0.2, 0.25) is 0 Å². The minimum absolute atomic E-state index is 0.0230. The Hall–Kier alpha value is -2.75. The molecule has 0 radical (unpaired) electrons. The van der Waals surface area contributed by atoms with Crippen molar-refractivity contribution < 1.29 is 17.9 Å². The van der Waals surface area contributed by atoms with Gasteiger partial charge in [0.25, 0.3) is 5.91 Å². The Morgan fingerprint density at radius 2 is 1.66 bits per heavy atom. The van der Waals surface area contributed by atoms with Crippen LogP contribution >= 0.6 is 0 Å². The van der Waals surface area contributed by atoms with Crippen LogP contribution in [0.5, 0.6) is 0 Å². The number of aromatic nitrogens is 2. The topological polar surface area (TPSA) is 84.2 Å². The summed E-state index contributed by atoms with van der Waals surface area (Å²) in [6.45, 7) is 9.05. The molecule has 3 aromatic rings. The van der Waals surface area contributed by atoms with Gasteiger partial charge in [-0.25, -0.2) is 12.9 Å². The van der Waals surface area contributed by atoms with Crippen molar-refractivity contribution in [1.82, 2.24) is 18.8 Å². The van der Waals surface area contributed by atoms with Crippen LogP contribution < -0.4 is 0 Å². The van der Waals surface area contributed by atoms with Gasteiger partial charge in [0.15, 0.2) is 0 Å². The summed E-state index contributed by atoms with van der Waals surface area (Å²) in [7, 11) is -3.53. The standard InChI is InChI=1S/C26H32N4O4S/c1-18-14-20(3)25(15-19(18)2)35(32,33)29-7-4-21(5-8-29)22-6-9-30-24(16-22)23(17-27-30)26(31)28-10-12-34-13-11-28/h6,9,14-17,21H,4-5,7-8,10-13H2,1-3H3. The summed E-state index contributed by atoms with van der Waals surface area (Å²) in [4.78, 5) is 15.3. The van der Waals surface area contributed by atoms with Gasteiger partial charge in [0.2, 0.25) is 10.0 Å². The molecule has 2 aliphatic heterocycles. The fourth-order valence-electron chi connectivity index (χ4n) is 5.13. The number of ether oxygens (including phenoxy) is 1. The van der Waals surface area contributed by atoms with Crippen molar-refractivity contribution in [3.63, 3.8) is 0 Å². The highest BCUT2D eigenvalue weighted by atomic mass is 32.2. The van der Waals surface area contributed by atoms with Crippen molar-refractivity contribution in [2.75, 3.05) is 39.4 Å². The summed E-state index contributed by atoms with van der Waals surface area (Å²) >= 11 is 0. The zero-order valence-electron chi connectivity index (χ0n) is 20.5. The van der Waals surface area contributed by atoms with Gasteiger partial charge in [-0.15, -0.1) is 0 Å². The summed E-state index contributed by atoms with van der Waals surface area (Å²) in [5.74, 6) is 0.207. The van der Waals surface area contributed by atoms with E-state index < -0.39 is 10.0 Å². The van der Waals surface area contributed by atoms with Crippen molar-refractivity contribution >= 4 is 21.4 Å². The van der Waals surface area contributed by atoms with Crippen LogP contribution in [0.1, 0.15) is 51.4 Å². The number of pyridine rings is 1. The lowest BCUT2D eigenvalue weighted by Gasteiger charge is -2.32. The number of carbonyl (C=O) groups excluding carboxylic acids is 1. The first-order chi connectivity index (χ1) is 16.8. The number of carbonyl (C=O) groups is 1. The number of amides is 1. The first-order valence-electron chi connectivity index (χ1n) is 12.2. The van der Waals surface area contributed by atoms with Crippen molar-refractivity contribution in [2.45, 2.75) is 44.4 Å². The molecular formula is C26H32N4O4S. The number of nitrogens with zero attached hydrogens (tertiary/aromatic N) is 4. The van der Waals surface area contributed by atoms with Crippen molar-refractivity contribution in [1.29, 1.82) is 0 Å². The summed E-state index contributed by atoms with van der Waals surface area (Å²) in [5.41, 5.74) is 5.38. The molecule has 4 heterocycles. The van der Waals surface area contributed by atoms with Crippen molar-refractivity contribution in [3.05, 3.63) is 64.5 Å². The molecule has 2 aliphatic rings. The molecule has 35 heavy (non-hydrogen) atoms. The highest BCUT2D eigenvalue weighted by Crippen LogP contribution is 2.33. The maximum atomic E-state index is 13.4. The van der Waals surface area contributed by atoms with Gasteiger partial charge >= 0.3 is 0 Å². The van der Waals surface area contributed by atoms with Crippen LogP contribution in [-0.4, -0.2) is 72.5 Å². The molecule has 0 atom stereocenters. The molecule has 0 aliphatic carbocycles. The van der Waals surface area contributed by atoms with Gasteiger partial charge in [0.05, 0.1) is 35.4 Å². The third-order valence-electron chi connectivity index (χ3n) is 7.41. The molecule has 0 saturated carbocycles. The van der Waals surface area contributed by atoms with Crippen LogP contribution in [-0.2, 0) is 14.8 Å². The zero-order chi connectivity index (χ0) is 24.7. The van der Waals surface area contributed by atoms with Gasteiger partial charge in [0.1, 0.15) is 0 Å². The van der Waals surface area contributed by atoms with Gasteiger partial charge in [0, 0.05) is 32.4 Å². The van der Waals surface area contributed by atoms with Crippen LogP contribution in [0.4, 0.5) is 0 Å². The number of sulfonamides is 1. The highest BCUT2D eigenvalue weighted by molar-refractivity contribution is 7.89. The van der Waals surface area contributed by atoms with E-state index in [2.05, 4.69) is 5.10 Å². The van der Waals surface area contributed by atoms with Crippen LogP contribution in [0.15, 0.2) is 41.6 Å². The van der Waals surface area contributed by atoms with E-state index in [9.17, 15) is 13.2 Å². The predicted octanol–water partition coefficient (Wildman–Crippen LogP) is 3.30. The predicted molar refractivity (Wildman–Crippen MR) is 133 cm³/mol. The molecule has 0 spiro atoms. The fraction of sp³-hybridized carbons (Fsp3) is 0.462. The lowest BCUT2D eigenvalue weighted by Crippen LogP contribution is -2.40. The van der Waals surface area contributed by atoms with E-state index in [0.29, 0.717) is 49.9 Å². The number of morpholine rings is 1. The van der Waals surface area contributed by atoms with E-state index in [-0.39, 0.29) is 11.8 Å². The van der Waals surface area contributed by atoms with Crippen LogP contribution in [0, 0.1) is 20.8 Å². The van der Waals surface area contributed by atoms with E-state index in [4.69, 9.17) is 4.74 Å². The summed E-state index contributed by atoms with van der Waals surface area (Å²) in [6, 6.07) is 7.83. The Balaban J connectivity index is 1.34. The normalized spacial score (nSPS) is 18.3. The molecule has 2 saturated heterocycles. The van der Waals surface area contributed by atoms with Gasteiger partial charge < -0.3 is 9.64 Å². The van der Waals surface area contributed by atoms with Gasteiger partial charge in [-0.3, -0.25) is 4.79 Å². The van der Waals surface area contributed by atoms with Gasteiger partial charge in [-0.2, -0.15) is 9.40 Å². The van der Waals surface area contributed by atoms with Gasteiger partial charge in [-0.05, 0) is 80.0 Å². The fourth-order valence-corrected chi connectivity index (χ4v) is 6.89. The first-order valence-corrected chi connectivity index (χ1v) is 13.6. The average molecular weight is 497 g/mol. The number of piperidine rings is 1. The second kappa shape index (κ2) is 9.37.